The fraction of sp³-hybridized carbons (Fsp3) is 0.926. The molecular formula is C27H54NO9P. The van der Waals surface area contributed by atoms with Crippen LogP contribution in [0.3, 0.4) is 0 Å². The molecular weight excluding hydrogens is 513 g/mol. The van der Waals surface area contributed by atoms with E-state index in [4.69, 9.17) is 24.8 Å². The van der Waals surface area contributed by atoms with Gasteiger partial charge in [-0.2, -0.15) is 0 Å². The lowest BCUT2D eigenvalue weighted by Gasteiger charge is -2.20. The third-order valence-corrected chi connectivity index (χ3v) is 7.09. The zero-order valence-corrected chi connectivity index (χ0v) is 24.7. The smallest absolute Gasteiger partial charge is 0.472 e. The van der Waals surface area contributed by atoms with Crippen molar-refractivity contribution in [3.05, 3.63) is 0 Å². The summed E-state index contributed by atoms with van der Waals surface area (Å²) in [4.78, 5) is 32.9. The molecule has 0 bridgehead atoms. The van der Waals surface area contributed by atoms with Crippen LogP contribution in [0.1, 0.15) is 123 Å². The second-order valence-electron chi connectivity index (χ2n) is 9.89. The van der Waals surface area contributed by atoms with E-state index in [0.717, 1.165) is 38.5 Å². The molecule has 0 heterocycles. The average molecular weight is 568 g/mol. The Labute approximate surface area is 229 Å². The van der Waals surface area contributed by atoms with Crippen LogP contribution in [-0.4, -0.2) is 60.5 Å². The van der Waals surface area contributed by atoms with Crippen molar-refractivity contribution in [1.82, 2.24) is 0 Å². The molecule has 0 radical (unpaired) electrons. The van der Waals surface area contributed by atoms with E-state index in [1.807, 2.05) is 0 Å². The summed E-state index contributed by atoms with van der Waals surface area (Å²) < 4.78 is 32.8. The normalized spacial score (nSPS) is 14.6. The number of unbranched alkanes of at least 4 members (excludes halogenated alkanes) is 14. The third kappa shape index (κ3) is 24.0. The maximum atomic E-state index is 12.3. The first-order valence-electron chi connectivity index (χ1n) is 14.6. The van der Waals surface area contributed by atoms with Gasteiger partial charge in [-0.15, -0.1) is 0 Å². The van der Waals surface area contributed by atoms with Crippen LogP contribution in [0, 0.1) is 0 Å². The lowest BCUT2D eigenvalue weighted by Crippen LogP contribution is -2.34. The number of phosphoric acid groups is 1. The van der Waals surface area contributed by atoms with E-state index in [0.29, 0.717) is 13.0 Å². The van der Waals surface area contributed by atoms with Gasteiger partial charge in [0.15, 0.2) is 0 Å². The van der Waals surface area contributed by atoms with E-state index in [1.54, 1.807) is 0 Å². The van der Waals surface area contributed by atoms with Gasteiger partial charge in [-0.3, -0.25) is 18.6 Å². The number of carbonyl (C=O) groups excluding carboxylic acids is 1. The van der Waals surface area contributed by atoms with Gasteiger partial charge in [0.2, 0.25) is 0 Å². The Morgan fingerprint density at radius 3 is 1.74 bits per heavy atom. The van der Waals surface area contributed by atoms with Crippen molar-refractivity contribution in [1.29, 1.82) is 0 Å². The highest BCUT2D eigenvalue weighted by Crippen LogP contribution is 2.43. The lowest BCUT2D eigenvalue weighted by molar-refractivity contribution is -0.154. The fourth-order valence-electron chi connectivity index (χ4n) is 3.78. The van der Waals surface area contributed by atoms with E-state index >= 15 is 0 Å². The number of phosphoric ester groups is 1. The topological polar surface area (TPSA) is 155 Å². The van der Waals surface area contributed by atoms with Gasteiger partial charge >= 0.3 is 19.8 Å². The molecule has 0 fully saturated rings. The quantitative estimate of drug-likeness (QED) is 0.0571. The number of hydrogen-bond donors (Lipinski definition) is 3. The Morgan fingerprint density at radius 2 is 1.21 bits per heavy atom. The van der Waals surface area contributed by atoms with Gasteiger partial charge in [-0.05, 0) is 12.8 Å². The van der Waals surface area contributed by atoms with Crippen LogP contribution in [0.25, 0.3) is 0 Å². The summed E-state index contributed by atoms with van der Waals surface area (Å²) in [5.74, 6) is -1.78. The van der Waals surface area contributed by atoms with Crippen molar-refractivity contribution in [2.24, 2.45) is 5.73 Å². The molecule has 0 rings (SSSR count). The first-order valence-corrected chi connectivity index (χ1v) is 16.1. The first-order chi connectivity index (χ1) is 18.2. The van der Waals surface area contributed by atoms with Gasteiger partial charge in [-0.1, -0.05) is 104 Å². The maximum Gasteiger partial charge on any atom is 0.472 e. The van der Waals surface area contributed by atoms with Gasteiger partial charge in [0.25, 0.3) is 0 Å². The maximum absolute atomic E-state index is 12.3. The molecule has 0 amide bonds. The van der Waals surface area contributed by atoms with Crippen molar-refractivity contribution >= 4 is 19.8 Å². The minimum Gasteiger partial charge on any atom is -0.480 e. The minimum absolute atomic E-state index is 0.0222. The summed E-state index contributed by atoms with van der Waals surface area (Å²) in [6.45, 7) is 3.78. The number of ether oxygens (including phenoxy) is 2. The Morgan fingerprint density at radius 1 is 0.737 bits per heavy atom. The summed E-state index contributed by atoms with van der Waals surface area (Å²) >= 11 is 0. The number of aliphatic carboxylic acids is 1. The summed E-state index contributed by atoms with van der Waals surface area (Å²) in [6, 6.07) is -1.46. The highest BCUT2D eigenvalue weighted by Gasteiger charge is 2.27. The van der Waals surface area contributed by atoms with Crippen LogP contribution in [0.2, 0.25) is 0 Å². The molecule has 10 nitrogen and oxygen atoms in total. The predicted molar refractivity (Wildman–Crippen MR) is 148 cm³/mol. The van der Waals surface area contributed by atoms with Crippen LogP contribution < -0.4 is 5.73 Å². The van der Waals surface area contributed by atoms with Crippen molar-refractivity contribution in [2.45, 2.75) is 135 Å². The summed E-state index contributed by atoms with van der Waals surface area (Å²) in [5.41, 5.74) is 5.29. The number of esters is 1. The Bertz CT molecular complexity index is 636. The molecule has 3 atom stereocenters. The number of hydrogen-bond acceptors (Lipinski definition) is 8. The molecule has 226 valence electrons. The molecule has 38 heavy (non-hydrogen) atoms. The fourth-order valence-corrected chi connectivity index (χ4v) is 4.56. The predicted octanol–water partition coefficient (Wildman–Crippen LogP) is 6.13. The van der Waals surface area contributed by atoms with Crippen LogP contribution in [0.4, 0.5) is 0 Å². The number of rotatable bonds is 28. The molecule has 4 N–H and O–H groups in total. The van der Waals surface area contributed by atoms with Crippen molar-refractivity contribution in [3.8, 4) is 0 Å². The average Bonchev–Trinajstić information content (AvgIpc) is 2.88. The number of carboxylic acids is 1. The van der Waals surface area contributed by atoms with E-state index in [9.17, 15) is 19.0 Å². The summed E-state index contributed by atoms with van der Waals surface area (Å²) in [5, 5.41) is 8.78. The zero-order valence-electron chi connectivity index (χ0n) is 23.8. The molecule has 0 aliphatic rings. The van der Waals surface area contributed by atoms with Gasteiger partial charge in [0.05, 0.1) is 19.8 Å². The number of carbonyl (C=O) groups is 2. The van der Waals surface area contributed by atoms with Gasteiger partial charge in [0.1, 0.15) is 12.1 Å². The van der Waals surface area contributed by atoms with Gasteiger partial charge < -0.3 is 25.2 Å². The molecule has 11 heteroatoms. The Balaban J connectivity index is 4.41. The molecule has 0 saturated heterocycles. The highest BCUT2D eigenvalue weighted by molar-refractivity contribution is 7.47. The SMILES string of the molecule is CCCCCCCCCCCOCC(COP(=O)(O)OCC(N)C(=O)O)OC(=O)CCCCCCCCC. The molecule has 0 aliphatic heterocycles. The van der Waals surface area contributed by atoms with Gasteiger partial charge in [0, 0.05) is 13.0 Å². The lowest BCUT2D eigenvalue weighted by atomic mass is 10.1. The van der Waals surface area contributed by atoms with Crippen LogP contribution >= 0.6 is 7.82 Å². The molecule has 0 aromatic heterocycles. The highest BCUT2D eigenvalue weighted by atomic mass is 31.2. The first kappa shape index (κ1) is 37.0. The van der Waals surface area contributed by atoms with E-state index in [2.05, 4.69) is 18.4 Å². The Hall–Kier alpha value is -1.03. The monoisotopic (exact) mass is 567 g/mol. The van der Waals surface area contributed by atoms with Crippen LogP contribution in [0.5, 0.6) is 0 Å². The number of nitrogens with two attached hydrogens (primary N) is 1. The van der Waals surface area contributed by atoms with E-state index < -0.39 is 45.1 Å². The van der Waals surface area contributed by atoms with Crippen molar-refractivity contribution < 1.29 is 42.7 Å². The molecule has 0 spiro atoms. The van der Waals surface area contributed by atoms with Crippen molar-refractivity contribution in [3.63, 3.8) is 0 Å². The van der Waals surface area contributed by atoms with E-state index in [1.165, 1.54) is 57.8 Å². The van der Waals surface area contributed by atoms with Gasteiger partial charge in [-0.25, -0.2) is 4.57 Å². The Kier molecular flexibility index (Phi) is 24.3. The minimum atomic E-state index is -4.58. The molecule has 0 aliphatic carbocycles. The molecule has 0 aromatic rings. The number of carboxylic acid groups (broad SMARTS) is 1. The van der Waals surface area contributed by atoms with Crippen LogP contribution in [0.15, 0.2) is 0 Å². The second-order valence-corrected chi connectivity index (χ2v) is 11.3. The van der Waals surface area contributed by atoms with Crippen LogP contribution in [-0.2, 0) is 32.7 Å². The zero-order chi connectivity index (χ0) is 28.5. The second kappa shape index (κ2) is 25.0. The summed E-state index contributed by atoms with van der Waals surface area (Å²) in [6.07, 6.45) is 17.6. The largest absolute Gasteiger partial charge is 0.480 e. The molecule has 0 aromatic carbocycles. The molecule has 0 saturated carbocycles. The van der Waals surface area contributed by atoms with E-state index in [-0.39, 0.29) is 13.0 Å². The van der Waals surface area contributed by atoms with Crippen molar-refractivity contribution in [2.75, 3.05) is 26.4 Å². The standard InChI is InChI=1S/C27H54NO9P/c1-3-5-7-9-11-12-14-16-18-20-34-21-24(22-35-38(32,33)36-23-25(28)27(30)31)37-26(29)19-17-15-13-10-8-6-4-2/h24-25H,3-23,28H2,1-2H3,(H,30,31)(H,32,33). The molecule has 3 unspecified atom stereocenters. The summed E-state index contributed by atoms with van der Waals surface area (Å²) in [7, 11) is -4.58. The third-order valence-electron chi connectivity index (χ3n) is 6.14.